The van der Waals surface area contributed by atoms with Crippen molar-refractivity contribution >= 4 is 40.1 Å². The van der Waals surface area contributed by atoms with Crippen LogP contribution < -0.4 is 5.32 Å². The van der Waals surface area contributed by atoms with E-state index in [0.717, 1.165) is 22.4 Å². The van der Waals surface area contributed by atoms with Crippen LogP contribution in [0.15, 0.2) is 42.5 Å². The van der Waals surface area contributed by atoms with Crippen molar-refractivity contribution in [3.05, 3.63) is 63.9 Å². The van der Waals surface area contributed by atoms with Crippen LogP contribution >= 0.6 is 23.2 Å². The Balaban J connectivity index is 2.04. The van der Waals surface area contributed by atoms with Crippen LogP contribution in [0.4, 0.5) is 0 Å². The van der Waals surface area contributed by atoms with Crippen LogP contribution in [0.2, 0.25) is 10.0 Å². The zero-order valence-electron chi connectivity index (χ0n) is 15.9. The maximum absolute atomic E-state index is 12.9. The molecule has 1 N–H and O–H groups in total. The Hall–Kier alpha value is -2.08. The lowest BCUT2D eigenvalue weighted by Crippen LogP contribution is -2.35. The van der Waals surface area contributed by atoms with Crippen LogP contribution in [0.1, 0.15) is 30.8 Å². The fourth-order valence-corrected chi connectivity index (χ4v) is 3.84. The SMILES string of the molecule is CCC(C(=O)NCCOC)n1c(Cc2c(Cl)cccc2Cl)nc2ccccc21. The highest BCUT2D eigenvalue weighted by Gasteiger charge is 2.24. The molecule has 1 aromatic heterocycles. The summed E-state index contributed by atoms with van der Waals surface area (Å²) >= 11 is 12.8. The Morgan fingerprint density at radius 2 is 1.89 bits per heavy atom. The molecule has 0 fully saturated rings. The van der Waals surface area contributed by atoms with Gasteiger partial charge in [-0.05, 0) is 36.2 Å². The lowest BCUT2D eigenvalue weighted by molar-refractivity contribution is -0.124. The quantitative estimate of drug-likeness (QED) is 0.540. The summed E-state index contributed by atoms with van der Waals surface area (Å²) in [5.41, 5.74) is 2.55. The molecule has 148 valence electrons. The third-order valence-corrected chi connectivity index (χ3v) is 5.38. The second-order valence-corrected chi connectivity index (χ2v) is 7.29. The highest BCUT2D eigenvalue weighted by Crippen LogP contribution is 2.30. The number of aromatic nitrogens is 2. The van der Waals surface area contributed by atoms with E-state index in [4.69, 9.17) is 32.9 Å². The van der Waals surface area contributed by atoms with E-state index in [0.29, 0.717) is 36.0 Å². The molecule has 2 aromatic carbocycles. The number of hydrogen-bond acceptors (Lipinski definition) is 3. The zero-order valence-corrected chi connectivity index (χ0v) is 17.4. The molecule has 0 saturated carbocycles. The lowest BCUT2D eigenvalue weighted by Gasteiger charge is -2.20. The van der Waals surface area contributed by atoms with Crippen LogP contribution in [0, 0.1) is 0 Å². The summed E-state index contributed by atoms with van der Waals surface area (Å²) in [4.78, 5) is 17.6. The third-order valence-electron chi connectivity index (χ3n) is 4.67. The number of benzene rings is 2. The molecule has 1 atom stereocenters. The molecule has 3 aromatic rings. The molecule has 0 aliphatic heterocycles. The van der Waals surface area contributed by atoms with E-state index in [-0.39, 0.29) is 11.9 Å². The molecule has 0 aliphatic carbocycles. The van der Waals surface area contributed by atoms with Gasteiger partial charge in [-0.25, -0.2) is 4.98 Å². The Morgan fingerprint density at radius 1 is 1.18 bits per heavy atom. The number of methoxy groups -OCH3 is 1. The van der Waals surface area contributed by atoms with Crippen molar-refractivity contribution < 1.29 is 9.53 Å². The molecule has 7 heteroatoms. The Morgan fingerprint density at radius 3 is 2.57 bits per heavy atom. The monoisotopic (exact) mass is 419 g/mol. The predicted molar refractivity (Wildman–Crippen MR) is 113 cm³/mol. The second-order valence-electron chi connectivity index (χ2n) is 6.47. The van der Waals surface area contributed by atoms with Crippen molar-refractivity contribution in [2.75, 3.05) is 20.3 Å². The van der Waals surface area contributed by atoms with Crippen LogP contribution in [0.3, 0.4) is 0 Å². The van der Waals surface area contributed by atoms with Crippen molar-refractivity contribution in [2.45, 2.75) is 25.8 Å². The lowest BCUT2D eigenvalue weighted by atomic mass is 10.1. The van der Waals surface area contributed by atoms with Gasteiger partial charge in [0.1, 0.15) is 11.9 Å². The van der Waals surface area contributed by atoms with Crippen molar-refractivity contribution in [3.8, 4) is 0 Å². The fourth-order valence-electron chi connectivity index (χ4n) is 3.31. The van der Waals surface area contributed by atoms with Gasteiger partial charge < -0.3 is 14.6 Å². The summed E-state index contributed by atoms with van der Waals surface area (Å²) in [7, 11) is 1.61. The Bertz CT molecular complexity index is 951. The minimum absolute atomic E-state index is 0.0609. The van der Waals surface area contributed by atoms with Crippen LogP contribution in [-0.4, -0.2) is 35.7 Å². The number of nitrogens with zero attached hydrogens (tertiary/aromatic N) is 2. The van der Waals surface area contributed by atoms with Crippen LogP contribution in [-0.2, 0) is 16.0 Å². The smallest absolute Gasteiger partial charge is 0.243 e. The van der Waals surface area contributed by atoms with E-state index in [1.807, 2.05) is 54.0 Å². The molecule has 0 saturated heterocycles. The van der Waals surface area contributed by atoms with Gasteiger partial charge in [0.25, 0.3) is 0 Å². The standard InChI is InChI=1S/C21H23Cl2N3O2/c1-3-18(21(27)24-11-12-28-2)26-19-10-5-4-9-17(19)25-20(26)13-14-15(22)7-6-8-16(14)23/h4-10,18H,3,11-13H2,1-2H3,(H,24,27). The van der Waals surface area contributed by atoms with Gasteiger partial charge in [-0.3, -0.25) is 4.79 Å². The normalized spacial score (nSPS) is 12.3. The minimum atomic E-state index is -0.388. The van der Waals surface area contributed by atoms with Gasteiger partial charge in [0, 0.05) is 30.1 Å². The van der Waals surface area contributed by atoms with E-state index in [2.05, 4.69) is 5.32 Å². The van der Waals surface area contributed by atoms with Crippen molar-refractivity contribution in [1.29, 1.82) is 0 Å². The number of rotatable bonds is 8. The van der Waals surface area contributed by atoms with Crippen LogP contribution in [0.5, 0.6) is 0 Å². The highest BCUT2D eigenvalue weighted by atomic mass is 35.5. The number of hydrogen-bond donors (Lipinski definition) is 1. The molecule has 1 amide bonds. The fraction of sp³-hybridized carbons (Fsp3) is 0.333. The first-order chi connectivity index (χ1) is 13.6. The van der Waals surface area contributed by atoms with E-state index in [1.54, 1.807) is 7.11 Å². The van der Waals surface area contributed by atoms with Gasteiger partial charge in [-0.15, -0.1) is 0 Å². The van der Waals surface area contributed by atoms with Crippen LogP contribution in [0.25, 0.3) is 11.0 Å². The highest BCUT2D eigenvalue weighted by molar-refractivity contribution is 6.36. The van der Waals surface area contributed by atoms with Gasteiger partial charge in [0.2, 0.25) is 5.91 Å². The number of carbonyl (C=O) groups is 1. The number of para-hydroxylation sites is 2. The van der Waals surface area contributed by atoms with E-state index in [9.17, 15) is 4.79 Å². The van der Waals surface area contributed by atoms with Crippen molar-refractivity contribution in [3.63, 3.8) is 0 Å². The maximum Gasteiger partial charge on any atom is 0.243 e. The van der Waals surface area contributed by atoms with Gasteiger partial charge >= 0.3 is 0 Å². The topological polar surface area (TPSA) is 56.1 Å². The molecule has 1 unspecified atom stereocenters. The summed E-state index contributed by atoms with van der Waals surface area (Å²) in [6.07, 6.45) is 1.07. The summed E-state index contributed by atoms with van der Waals surface area (Å²) in [5, 5.41) is 4.11. The molecule has 1 heterocycles. The first kappa shape index (κ1) is 20.6. The zero-order chi connectivity index (χ0) is 20.1. The van der Waals surface area contributed by atoms with Crippen molar-refractivity contribution in [1.82, 2.24) is 14.9 Å². The molecular formula is C21H23Cl2N3O2. The van der Waals surface area contributed by atoms with E-state index in [1.165, 1.54) is 0 Å². The average molecular weight is 420 g/mol. The number of halogens is 2. The van der Waals surface area contributed by atoms with E-state index < -0.39 is 0 Å². The summed E-state index contributed by atoms with van der Waals surface area (Å²) < 4.78 is 7.03. The largest absolute Gasteiger partial charge is 0.383 e. The number of nitrogens with one attached hydrogen (secondary N) is 1. The Kier molecular flexibility index (Phi) is 6.94. The molecular weight excluding hydrogens is 397 g/mol. The van der Waals surface area contributed by atoms with Gasteiger partial charge in [0.05, 0.1) is 17.6 Å². The molecule has 0 radical (unpaired) electrons. The van der Waals surface area contributed by atoms with Gasteiger partial charge in [-0.2, -0.15) is 0 Å². The first-order valence-electron chi connectivity index (χ1n) is 9.22. The number of carbonyl (C=O) groups excluding carboxylic acids is 1. The molecule has 0 aliphatic rings. The number of ether oxygens (including phenoxy) is 1. The first-order valence-corrected chi connectivity index (χ1v) is 9.97. The molecule has 5 nitrogen and oxygen atoms in total. The molecule has 0 spiro atoms. The number of amides is 1. The minimum Gasteiger partial charge on any atom is -0.383 e. The molecule has 28 heavy (non-hydrogen) atoms. The maximum atomic E-state index is 12.9. The second kappa shape index (κ2) is 9.41. The number of fused-ring (bicyclic) bond motifs is 1. The summed E-state index contributed by atoms with van der Waals surface area (Å²) in [6, 6.07) is 12.9. The summed E-state index contributed by atoms with van der Waals surface area (Å²) in [6.45, 7) is 2.92. The van der Waals surface area contributed by atoms with E-state index >= 15 is 0 Å². The van der Waals surface area contributed by atoms with Gasteiger partial charge in [-0.1, -0.05) is 48.3 Å². The van der Waals surface area contributed by atoms with Crippen molar-refractivity contribution in [2.24, 2.45) is 0 Å². The van der Waals surface area contributed by atoms with Gasteiger partial charge in [0.15, 0.2) is 0 Å². The Labute approximate surface area is 174 Å². The molecule has 3 rings (SSSR count). The molecule has 0 bridgehead atoms. The predicted octanol–water partition coefficient (Wildman–Crippen LogP) is 4.65. The number of imidazole rings is 1. The summed E-state index contributed by atoms with van der Waals surface area (Å²) in [5.74, 6) is 0.694. The third kappa shape index (κ3) is 4.32. The average Bonchev–Trinajstić information content (AvgIpc) is 3.04.